The maximum absolute atomic E-state index is 13.5. The molecule has 4 N–H and O–H groups in total. The zero-order chi connectivity index (χ0) is 23.5. The third kappa shape index (κ3) is 3.69. The van der Waals surface area contributed by atoms with Gasteiger partial charge in [0.15, 0.2) is 0 Å². The summed E-state index contributed by atoms with van der Waals surface area (Å²) in [5.74, 6) is -0.456. The van der Waals surface area contributed by atoms with Crippen LogP contribution in [0.5, 0.6) is 0 Å². The molecule has 0 spiro atoms. The first-order valence-electron chi connectivity index (χ1n) is 11.5. The number of benzene rings is 1. The van der Waals surface area contributed by atoms with E-state index in [2.05, 4.69) is 29.5 Å². The van der Waals surface area contributed by atoms with Crippen molar-refractivity contribution < 1.29 is 19.5 Å². The number of piperidine rings is 1. The number of amides is 3. The van der Waals surface area contributed by atoms with Gasteiger partial charge in [-0.1, -0.05) is 37.6 Å². The van der Waals surface area contributed by atoms with Crippen molar-refractivity contribution >= 4 is 40.2 Å². The summed E-state index contributed by atoms with van der Waals surface area (Å²) in [7, 11) is 0. The summed E-state index contributed by atoms with van der Waals surface area (Å²) in [5, 5.41) is 17.0. The number of halogens is 1. The minimum Gasteiger partial charge on any atom is -0.394 e. The molecule has 3 amide bonds. The van der Waals surface area contributed by atoms with E-state index in [-0.39, 0.29) is 47.5 Å². The van der Waals surface area contributed by atoms with Gasteiger partial charge in [0.05, 0.1) is 23.2 Å². The average molecular weight is 473 g/mol. The van der Waals surface area contributed by atoms with Gasteiger partial charge in [-0.25, -0.2) is 0 Å². The van der Waals surface area contributed by atoms with Crippen LogP contribution in [0, 0.1) is 23.2 Å². The lowest BCUT2D eigenvalue weighted by Gasteiger charge is -2.31. The SMILES string of the molecule is CC1(C)[C@@H]2[C@@H](C(=O)N[C@H](CO)C[C@@H]3CCNC3=O)N(C(=O)c3cc4cccc(Cl)c4[nH]3)C[C@@H]21. The van der Waals surface area contributed by atoms with Crippen LogP contribution in [0.25, 0.3) is 10.9 Å². The summed E-state index contributed by atoms with van der Waals surface area (Å²) in [6, 6.07) is 6.09. The number of fused-ring (bicyclic) bond motifs is 2. The molecule has 5 atom stereocenters. The Bertz CT molecular complexity index is 1130. The van der Waals surface area contributed by atoms with Crippen LogP contribution in [0.15, 0.2) is 24.3 Å². The number of aromatic amines is 1. The predicted octanol–water partition coefficient (Wildman–Crippen LogP) is 1.92. The summed E-state index contributed by atoms with van der Waals surface area (Å²) in [6.07, 6.45) is 1.08. The maximum atomic E-state index is 13.5. The molecule has 3 aliphatic rings. The van der Waals surface area contributed by atoms with Crippen molar-refractivity contribution in [3.63, 3.8) is 0 Å². The molecule has 2 saturated heterocycles. The lowest BCUT2D eigenvalue weighted by molar-refractivity contribution is -0.128. The maximum Gasteiger partial charge on any atom is 0.271 e. The highest BCUT2D eigenvalue weighted by Gasteiger charge is 2.69. The van der Waals surface area contributed by atoms with Crippen LogP contribution in [0.3, 0.4) is 0 Å². The van der Waals surface area contributed by atoms with Crippen LogP contribution in [0.4, 0.5) is 0 Å². The number of carbonyl (C=O) groups excluding carboxylic acids is 3. The molecule has 0 radical (unpaired) electrons. The largest absolute Gasteiger partial charge is 0.394 e. The fourth-order valence-corrected chi connectivity index (χ4v) is 6.09. The molecular weight excluding hydrogens is 444 g/mol. The van der Waals surface area contributed by atoms with Gasteiger partial charge in [0.2, 0.25) is 11.8 Å². The molecule has 9 heteroatoms. The average Bonchev–Trinajstić information content (AvgIpc) is 3.30. The van der Waals surface area contributed by atoms with Gasteiger partial charge in [-0.05, 0) is 42.2 Å². The Morgan fingerprint density at radius 2 is 2.15 bits per heavy atom. The van der Waals surface area contributed by atoms with Gasteiger partial charge in [0.25, 0.3) is 5.91 Å². The van der Waals surface area contributed by atoms with E-state index in [0.717, 1.165) is 5.39 Å². The third-order valence-electron chi connectivity index (χ3n) is 7.87. The standard InChI is InChI=1S/C24H29ClN4O4/c1-24(2)15-10-29(23(33)17-9-12-4-3-5-16(25)19(12)28-17)20(18(15)24)22(32)27-14(11-30)8-13-6-7-26-21(13)31/h3-5,9,13-15,18,20,28,30H,6-8,10-11H2,1-2H3,(H,26,31)(H,27,32)/t13-,14-,15-,18-,20-/m0/s1. The summed E-state index contributed by atoms with van der Waals surface area (Å²) < 4.78 is 0. The van der Waals surface area contributed by atoms with Gasteiger partial charge in [0.1, 0.15) is 11.7 Å². The number of nitrogens with one attached hydrogen (secondary N) is 3. The molecule has 3 heterocycles. The Kier molecular flexibility index (Phi) is 5.40. The zero-order valence-electron chi connectivity index (χ0n) is 18.7. The highest BCUT2D eigenvalue weighted by Crippen LogP contribution is 2.65. The van der Waals surface area contributed by atoms with Crippen LogP contribution in [0.2, 0.25) is 5.02 Å². The van der Waals surface area contributed by atoms with Crippen molar-refractivity contribution in [3.05, 3.63) is 35.0 Å². The summed E-state index contributed by atoms with van der Waals surface area (Å²) >= 11 is 6.26. The molecule has 2 aromatic rings. The van der Waals surface area contributed by atoms with Crippen molar-refractivity contribution in [1.82, 2.24) is 20.5 Å². The van der Waals surface area contributed by atoms with Crippen molar-refractivity contribution in [2.45, 2.75) is 38.8 Å². The first-order chi connectivity index (χ1) is 15.7. The third-order valence-corrected chi connectivity index (χ3v) is 8.19. The highest BCUT2D eigenvalue weighted by atomic mass is 35.5. The number of aliphatic hydroxyl groups excluding tert-OH is 1. The van der Waals surface area contributed by atoms with E-state index >= 15 is 0 Å². The number of likely N-dealkylation sites (tertiary alicyclic amines) is 1. The van der Waals surface area contributed by atoms with Gasteiger partial charge >= 0.3 is 0 Å². The Balaban J connectivity index is 1.36. The Labute approximate surface area is 197 Å². The first kappa shape index (κ1) is 22.2. The fraction of sp³-hybridized carbons (Fsp3) is 0.542. The minimum absolute atomic E-state index is 0.0252. The number of H-pyrrole nitrogens is 1. The quantitative estimate of drug-likeness (QED) is 0.514. The van der Waals surface area contributed by atoms with Gasteiger partial charge < -0.3 is 25.6 Å². The summed E-state index contributed by atoms with van der Waals surface area (Å²) in [5.41, 5.74) is 1.07. The van der Waals surface area contributed by atoms with E-state index in [9.17, 15) is 19.5 Å². The molecule has 0 unspecified atom stereocenters. The molecule has 1 saturated carbocycles. The van der Waals surface area contributed by atoms with Crippen molar-refractivity contribution in [2.24, 2.45) is 23.2 Å². The Morgan fingerprint density at radius 1 is 1.36 bits per heavy atom. The van der Waals surface area contributed by atoms with E-state index in [1.54, 1.807) is 17.0 Å². The molecule has 1 aromatic carbocycles. The number of aliphatic hydroxyl groups is 1. The molecule has 8 nitrogen and oxygen atoms in total. The van der Waals surface area contributed by atoms with Gasteiger partial charge in [0, 0.05) is 24.4 Å². The van der Waals surface area contributed by atoms with Crippen LogP contribution in [-0.2, 0) is 9.59 Å². The summed E-state index contributed by atoms with van der Waals surface area (Å²) in [6.45, 7) is 5.12. The van der Waals surface area contributed by atoms with E-state index in [1.165, 1.54) is 0 Å². The molecule has 33 heavy (non-hydrogen) atoms. The number of hydrogen-bond acceptors (Lipinski definition) is 4. The van der Waals surface area contributed by atoms with E-state index in [4.69, 9.17) is 11.6 Å². The van der Waals surface area contributed by atoms with E-state index < -0.39 is 12.1 Å². The van der Waals surface area contributed by atoms with Crippen molar-refractivity contribution in [1.29, 1.82) is 0 Å². The Morgan fingerprint density at radius 3 is 2.82 bits per heavy atom. The predicted molar refractivity (Wildman–Crippen MR) is 124 cm³/mol. The van der Waals surface area contributed by atoms with Crippen molar-refractivity contribution in [2.75, 3.05) is 19.7 Å². The van der Waals surface area contributed by atoms with Crippen LogP contribution in [-0.4, -0.2) is 64.5 Å². The lowest BCUT2D eigenvalue weighted by Crippen LogP contribution is -2.53. The topological polar surface area (TPSA) is 115 Å². The molecule has 1 aromatic heterocycles. The van der Waals surface area contributed by atoms with Gasteiger partial charge in [-0.3, -0.25) is 14.4 Å². The van der Waals surface area contributed by atoms with Crippen molar-refractivity contribution in [3.8, 4) is 0 Å². The monoisotopic (exact) mass is 472 g/mol. The number of nitrogens with zero attached hydrogens (tertiary/aromatic N) is 1. The second-order valence-electron chi connectivity index (χ2n) is 10.1. The smallest absolute Gasteiger partial charge is 0.271 e. The molecule has 3 fully saturated rings. The normalized spacial score (nSPS) is 28.5. The number of aromatic nitrogens is 1. The Hall–Kier alpha value is -2.58. The van der Waals surface area contributed by atoms with Crippen LogP contribution in [0.1, 0.15) is 37.2 Å². The molecular formula is C24H29ClN4O4. The van der Waals surface area contributed by atoms with E-state index in [0.29, 0.717) is 42.2 Å². The first-order valence-corrected chi connectivity index (χ1v) is 11.9. The fourth-order valence-electron chi connectivity index (χ4n) is 5.86. The van der Waals surface area contributed by atoms with E-state index in [1.807, 2.05) is 12.1 Å². The molecule has 2 aliphatic heterocycles. The highest BCUT2D eigenvalue weighted by molar-refractivity contribution is 6.35. The zero-order valence-corrected chi connectivity index (χ0v) is 19.5. The molecule has 1 aliphatic carbocycles. The second kappa shape index (κ2) is 8.02. The molecule has 176 valence electrons. The lowest BCUT2D eigenvalue weighted by atomic mass is 9.97. The number of hydrogen-bond donors (Lipinski definition) is 4. The number of para-hydroxylation sites is 1. The molecule has 0 bridgehead atoms. The van der Waals surface area contributed by atoms with Gasteiger partial charge in [-0.15, -0.1) is 0 Å². The van der Waals surface area contributed by atoms with Gasteiger partial charge in [-0.2, -0.15) is 0 Å². The molecule has 5 rings (SSSR count). The van der Waals surface area contributed by atoms with Crippen LogP contribution >= 0.6 is 11.6 Å². The second-order valence-corrected chi connectivity index (χ2v) is 10.6. The number of carbonyl (C=O) groups is 3. The number of rotatable bonds is 6. The van der Waals surface area contributed by atoms with Crippen LogP contribution < -0.4 is 10.6 Å². The minimum atomic E-state index is -0.620. The summed E-state index contributed by atoms with van der Waals surface area (Å²) in [4.78, 5) is 43.6.